The zero-order valence-electron chi connectivity index (χ0n) is 10.4. The van der Waals surface area contributed by atoms with Gasteiger partial charge in [0.05, 0.1) is 5.60 Å². The summed E-state index contributed by atoms with van der Waals surface area (Å²) >= 11 is 0. The van der Waals surface area contributed by atoms with Crippen LogP contribution in [0.1, 0.15) is 31.2 Å². The van der Waals surface area contributed by atoms with Crippen molar-refractivity contribution in [2.24, 2.45) is 0 Å². The van der Waals surface area contributed by atoms with Gasteiger partial charge in [0.25, 0.3) is 0 Å². The Kier molecular flexibility index (Phi) is 2.68. The molecule has 4 heteroatoms. The molecule has 2 fully saturated rings. The summed E-state index contributed by atoms with van der Waals surface area (Å²) in [6.07, 6.45) is 3.36. The molecule has 2 aliphatic heterocycles. The quantitative estimate of drug-likeness (QED) is 0.830. The molecule has 0 aromatic heterocycles. The lowest BCUT2D eigenvalue weighted by atomic mass is 9.81. The van der Waals surface area contributed by atoms with Gasteiger partial charge in [-0.25, -0.2) is 8.78 Å². The third-order valence-electron chi connectivity index (χ3n) is 4.59. The maximum atomic E-state index is 13.3. The number of hydrogen-bond acceptors (Lipinski definition) is 2. The van der Waals surface area contributed by atoms with Crippen molar-refractivity contribution in [2.75, 3.05) is 7.05 Å². The molecule has 2 nitrogen and oxygen atoms in total. The van der Waals surface area contributed by atoms with E-state index < -0.39 is 17.2 Å². The van der Waals surface area contributed by atoms with Gasteiger partial charge < -0.3 is 10.0 Å². The molecule has 0 radical (unpaired) electrons. The van der Waals surface area contributed by atoms with Crippen LogP contribution in [0.15, 0.2) is 18.2 Å². The van der Waals surface area contributed by atoms with Crippen molar-refractivity contribution in [2.45, 2.75) is 43.4 Å². The van der Waals surface area contributed by atoms with E-state index in [9.17, 15) is 13.9 Å². The summed E-state index contributed by atoms with van der Waals surface area (Å²) in [5.41, 5.74) is -0.501. The second-order valence-electron chi connectivity index (χ2n) is 5.62. The van der Waals surface area contributed by atoms with Crippen molar-refractivity contribution in [3.8, 4) is 0 Å². The average Bonchev–Trinajstić information content (AvgIpc) is 2.57. The zero-order valence-corrected chi connectivity index (χ0v) is 10.4. The van der Waals surface area contributed by atoms with Gasteiger partial charge in [-0.1, -0.05) is 6.07 Å². The lowest BCUT2D eigenvalue weighted by Gasteiger charge is -2.42. The molecule has 1 N–H and O–H groups in total. The lowest BCUT2D eigenvalue weighted by Crippen LogP contribution is -2.47. The summed E-state index contributed by atoms with van der Waals surface area (Å²) in [4.78, 5) is 2.30. The van der Waals surface area contributed by atoms with Crippen molar-refractivity contribution >= 4 is 0 Å². The van der Waals surface area contributed by atoms with Crippen LogP contribution in [0.4, 0.5) is 8.78 Å². The van der Waals surface area contributed by atoms with E-state index in [-0.39, 0.29) is 0 Å². The molecular formula is C14H17F2NO. The standard InChI is InChI=1S/C14H17F2NO/c1-17-10-3-4-11(17)8-14(18,7-10)9-2-5-12(15)13(16)6-9/h2,5-6,10-11,18H,3-4,7-8H2,1H3. The van der Waals surface area contributed by atoms with Crippen LogP contribution in [-0.2, 0) is 5.60 Å². The Hall–Kier alpha value is -1.00. The first-order valence-electron chi connectivity index (χ1n) is 6.39. The molecular weight excluding hydrogens is 236 g/mol. The molecule has 18 heavy (non-hydrogen) atoms. The number of piperidine rings is 1. The van der Waals surface area contributed by atoms with Crippen LogP contribution in [0, 0.1) is 11.6 Å². The molecule has 0 spiro atoms. The molecule has 2 aliphatic rings. The highest BCUT2D eigenvalue weighted by atomic mass is 19.2. The molecule has 98 valence electrons. The van der Waals surface area contributed by atoms with Gasteiger partial charge in [-0.15, -0.1) is 0 Å². The minimum absolute atomic E-state index is 0.349. The topological polar surface area (TPSA) is 23.5 Å². The van der Waals surface area contributed by atoms with Gasteiger partial charge in [-0.05, 0) is 50.4 Å². The number of hydrogen-bond donors (Lipinski definition) is 1. The Morgan fingerprint density at radius 1 is 1.17 bits per heavy atom. The molecule has 2 bridgehead atoms. The number of aliphatic hydroxyl groups is 1. The Bertz CT molecular complexity index is 463. The van der Waals surface area contributed by atoms with E-state index >= 15 is 0 Å². The van der Waals surface area contributed by atoms with Crippen molar-refractivity contribution in [1.82, 2.24) is 4.90 Å². The number of halogens is 2. The van der Waals surface area contributed by atoms with Crippen molar-refractivity contribution < 1.29 is 13.9 Å². The van der Waals surface area contributed by atoms with Crippen molar-refractivity contribution in [1.29, 1.82) is 0 Å². The predicted molar refractivity (Wildman–Crippen MR) is 64.1 cm³/mol. The number of benzene rings is 1. The van der Waals surface area contributed by atoms with Crippen LogP contribution < -0.4 is 0 Å². The van der Waals surface area contributed by atoms with Crippen LogP contribution >= 0.6 is 0 Å². The molecule has 2 atom stereocenters. The third-order valence-corrected chi connectivity index (χ3v) is 4.59. The predicted octanol–water partition coefficient (Wildman–Crippen LogP) is 2.41. The molecule has 2 heterocycles. The van der Waals surface area contributed by atoms with Gasteiger partial charge in [0.1, 0.15) is 0 Å². The fourth-order valence-electron chi connectivity index (χ4n) is 3.47. The largest absolute Gasteiger partial charge is 0.385 e. The molecule has 1 aromatic carbocycles. The summed E-state index contributed by atoms with van der Waals surface area (Å²) in [6.45, 7) is 0. The second kappa shape index (κ2) is 4.00. The minimum Gasteiger partial charge on any atom is -0.385 e. The average molecular weight is 253 g/mol. The van der Waals surface area contributed by atoms with Gasteiger partial charge in [-0.2, -0.15) is 0 Å². The lowest BCUT2D eigenvalue weighted by molar-refractivity contribution is -0.0495. The van der Waals surface area contributed by atoms with Crippen LogP contribution in [0.3, 0.4) is 0 Å². The highest BCUT2D eigenvalue weighted by Gasteiger charge is 2.46. The van der Waals surface area contributed by atoms with E-state index in [1.807, 2.05) is 0 Å². The van der Waals surface area contributed by atoms with Crippen LogP contribution in [0.25, 0.3) is 0 Å². The smallest absolute Gasteiger partial charge is 0.159 e. The normalized spacial score (nSPS) is 36.0. The van der Waals surface area contributed by atoms with E-state index in [1.165, 1.54) is 6.07 Å². The van der Waals surface area contributed by atoms with Gasteiger partial charge in [0.2, 0.25) is 0 Å². The second-order valence-corrected chi connectivity index (χ2v) is 5.62. The van der Waals surface area contributed by atoms with Gasteiger partial charge in [0, 0.05) is 12.1 Å². The number of nitrogens with zero attached hydrogens (tertiary/aromatic N) is 1. The maximum absolute atomic E-state index is 13.3. The van der Waals surface area contributed by atoms with E-state index in [0.29, 0.717) is 30.5 Å². The summed E-state index contributed by atoms with van der Waals surface area (Å²) in [5, 5.41) is 10.7. The first-order valence-corrected chi connectivity index (χ1v) is 6.39. The maximum Gasteiger partial charge on any atom is 0.159 e. The number of fused-ring (bicyclic) bond motifs is 2. The highest BCUT2D eigenvalue weighted by molar-refractivity contribution is 5.26. The van der Waals surface area contributed by atoms with Crippen LogP contribution in [-0.4, -0.2) is 29.1 Å². The summed E-state index contributed by atoms with van der Waals surface area (Å²) < 4.78 is 26.2. The fraction of sp³-hybridized carbons (Fsp3) is 0.571. The molecule has 0 saturated carbocycles. The monoisotopic (exact) mass is 253 g/mol. The molecule has 1 aromatic rings. The molecule has 2 unspecified atom stereocenters. The van der Waals surface area contributed by atoms with Gasteiger partial charge in [-0.3, -0.25) is 0 Å². The van der Waals surface area contributed by atoms with E-state index in [2.05, 4.69) is 11.9 Å². The molecule has 2 saturated heterocycles. The Morgan fingerprint density at radius 3 is 2.33 bits per heavy atom. The highest BCUT2D eigenvalue weighted by Crippen LogP contribution is 2.44. The summed E-state index contributed by atoms with van der Waals surface area (Å²) in [7, 11) is 2.08. The third kappa shape index (κ3) is 1.75. The van der Waals surface area contributed by atoms with E-state index in [1.54, 1.807) is 0 Å². The van der Waals surface area contributed by atoms with E-state index in [4.69, 9.17) is 0 Å². The SMILES string of the molecule is CN1C2CCC1CC(O)(c1ccc(F)c(F)c1)C2. The first-order chi connectivity index (χ1) is 8.49. The first kappa shape index (κ1) is 12.1. The van der Waals surface area contributed by atoms with Crippen molar-refractivity contribution in [3.63, 3.8) is 0 Å². The van der Waals surface area contributed by atoms with Crippen LogP contribution in [0.2, 0.25) is 0 Å². The Balaban J connectivity index is 1.93. The van der Waals surface area contributed by atoms with Gasteiger partial charge in [0.15, 0.2) is 11.6 Å². The molecule has 3 rings (SSSR count). The fourth-order valence-corrected chi connectivity index (χ4v) is 3.47. The molecule has 0 aliphatic carbocycles. The Morgan fingerprint density at radius 2 is 1.78 bits per heavy atom. The zero-order chi connectivity index (χ0) is 12.9. The minimum atomic E-state index is -1.01. The molecule has 0 amide bonds. The number of rotatable bonds is 1. The summed E-state index contributed by atoms with van der Waals surface area (Å²) in [6, 6.07) is 4.44. The summed E-state index contributed by atoms with van der Waals surface area (Å²) in [5.74, 6) is -1.74. The van der Waals surface area contributed by atoms with Gasteiger partial charge >= 0.3 is 0 Å². The van der Waals surface area contributed by atoms with Crippen LogP contribution in [0.5, 0.6) is 0 Å². The Labute approximate surface area is 105 Å². The van der Waals surface area contributed by atoms with Crippen molar-refractivity contribution in [3.05, 3.63) is 35.4 Å². The van der Waals surface area contributed by atoms with E-state index in [0.717, 1.165) is 25.0 Å².